The van der Waals surface area contributed by atoms with Crippen molar-refractivity contribution in [3.8, 4) is 0 Å². The lowest BCUT2D eigenvalue weighted by Gasteiger charge is -2.04. The molecule has 1 aromatic heterocycles. The summed E-state index contributed by atoms with van der Waals surface area (Å²) in [5.74, 6) is -0.00887. The van der Waals surface area contributed by atoms with Crippen molar-refractivity contribution in [1.29, 1.82) is 0 Å². The predicted octanol–water partition coefficient (Wildman–Crippen LogP) is 1.89. The van der Waals surface area contributed by atoms with Crippen molar-refractivity contribution in [1.82, 2.24) is 10.3 Å². The van der Waals surface area contributed by atoms with Crippen LogP contribution >= 0.6 is 11.3 Å². The Hall–Kier alpha value is -1.88. The third kappa shape index (κ3) is 3.56. The number of aromatic nitrogens is 1. The van der Waals surface area contributed by atoms with E-state index in [0.717, 1.165) is 11.3 Å². The molecule has 2 rings (SSSR count). The highest BCUT2D eigenvalue weighted by Crippen LogP contribution is 2.10. The van der Waals surface area contributed by atoms with Crippen LogP contribution in [0.4, 0.5) is 5.13 Å². The van der Waals surface area contributed by atoms with E-state index in [0.29, 0.717) is 18.1 Å². The van der Waals surface area contributed by atoms with Crippen LogP contribution in [0.3, 0.4) is 0 Å². The molecule has 0 aliphatic carbocycles. The minimum Gasteiger partial charge on any atom is -0.375 e. The van der Waals surface area contributed by atoms with Crippen molar-refractivity contribution >= 4 is 22.4 Å². The summed E-state index contributed by atoms with van der Waals surface area (Å²) in [5.41, 5.74) is 8.52. The highest BCUT2D eigenvalue weighted by Gasteiger charge is 2.04. The number of hydrogen-bond donors (Lipinski definition) is 2. The van der Waals surface area contributed by atoms with Gasteiger partial charge in [-0.15, -0.1) is 11.3 Å². The maximum Gasteiger partial charge on any atom is 0.224 e. The molecular formula is C13H15N3OS. The molecule has 0 atom stereocenters. The minimum absolute atomic E-state index is 0.00887. The Bertz CT molecular complexity index is 533. The number of carbonyl (C=O) groups excluding carboxylic acids is 1. The Morgan fingerprint density at radius 1 is 1.39 bits per heavy atom. The molecule has 5 heteroatoms. The van der Waals surface area contributed by atoms with Gasteiger partial charge in [-0.1, -0.05) is 29.8 Å². The average molecular weight is 261 g/mol. The van der Waals surface area contributed by atoms with E-state index in [1.165, 1.54) is 16.9 Å². The van der Waals surface area contributed by atoms with Crippen LogP contribution in [0.5, 0.6) is 0 Å². The summed E-state index contributed by atoms with van der Waals surface area (Å²) < 4.78 is 0. The number of carbonyl (C=O) groups is 1. The van der Waals surface area contributed by atoms with Gasteiger partial charge in [0.2, 0.25) is 5.91 Å². The zero-order chi connectivity index (χ0) is 13.0. The first-order valence-electron chi connectivity index (χ1n) is 5.65. The molecule has 2 aromatic rings. The van der Waals surface area contributed by atoms with Crippen LogP contribution in [-0.2, 0) is 17.8 Å². The summed E-state index contributed by atoms with van der Waals surface area (Å²) in [7, 11) is 0. The first kappa shape index (κ1) is 12.6. The van der Waals surface area contributed by atoms with Crippen LogP contribution in [-0.4, -0.2) is 10.9 Å². The summed E-state index contributed by atoms with van der Waals surface area (Å²) in [6.07, 6.45) is 0.389. The van der Waals surface area contributed by atoms with Crippen molar-refractivity contribution < 1.29 is 4.79 Å². The zero-order valence-electron chi connectivity index (χ0n) is 10.1. The largest absolute Gasteiger partial charge is 0.375 e. The Morgan fingerprint density at radius 2 is 2.11 bits per heavy atom. The fourth-order valence-corrected chi connectivity index (χ4v) is 2.11. The summed E-state index contributed by atoms with van der Waals surface area (Å²) in [5, 5.41) is 5.20. The second kappa shape index (κ2) is 5.64. The standard InChI is InChI=1S/C13H15N3OS/c1-9-2-4-10(5-3-9)6-12(17)15-7-11-8-18-13(14)16-11/h2-5,8H,6-7H2,1H3,(H2,14,16)(H,15,17). The summed E-state index contributed by atoms with van der Waals surface area (Å²) >= 11 is 1.38. The van der Waals surface area contributed by atoms with Gasteiger partial charge in [-0.2, -0.15) is 0 Å². The van der Waals surface area contributed by atoms with Gasteiger partial charge in [-0.3, -0.25) is 4.79 Å². The Labute approximate surface area is 110 Å². The number of nitrogens with two attached hydrogens (primary N) is 1. The van der Waals surface area contributed by atoms with Gasteiger partial charge in [-0.05, 0) is 12.5 Å². The molecule has 1 aromatic carbocycles. The highest BCUT2D eigenvalue weighted by molar-refractivity contribution is 7.13. The number of aryl methyl sites for hydroxylation is 1. The lowest BCUT2D eigenvalue weighted by Crippen LogP contribution is -2.24. The second-order valence-electron chi connectivity index (χ2n) is 4.12. The Balaban J connectivity index is 1.83. The van der Waals surface area contributed by atoms with Gasteiger partial charge >= 0.3 is 0 Å². The quantitative estimate of drug-likeness (QED) is 0.883. The van der Waals surface area contributed by atoms with Gasteiger partial charge in [0.05, 0.1) is 18.7 Å². The zero-order valence-corrected chi connectivity index (χ0v) is 11.0. The third-order valence-corrected chi connectivity index (χ3v) is 3.24. The minimum atomic E-state index is -0.00887. The van der Waals surface area contributed by atoms with Gasteiger partial charge < -0.3 is 11.1 Å². The van der Waals surface area contributed by atoms with Crippen molar-refractivity contribution in [2.75, 3.05) is 5.73 Å². The number of nitrogen functional groups attached to an aromatic ring is 1. The van der Waals surface area contributed by atoms with E-state index in [-0.39, 0.29) is 5.91 Å². The van der Waals surface area contributed by atoms with Gasteiger partial charge in [0.1, 0.15) is 0 Å². The van der Waals surface area contributed by atoms with E-state index in [4.69, 9.17) is 5.73 Å². The second-order valence-corrected chi connectivity index (χ2v) is 5.01. The maximum atomic E-state index is 11.7. The lowest BCUT2D eigenvalue weighted by atomic mass is 10.1. The number of anilines is 1. The number of rotatable bonds is 4. The number of nitrogens with one attached hydrogen (secondary N) is 1. The number of hydrogen-bond acceptors (Lipinski definition) is 4. The van der Waals surface area contributed by atoms with Crippen LogP contribution in [0.2, 0.25) is 0 Å². The molecule has 0 saturated carbocycles. The van der Waals surface area contributed by atoms with Crippen LogP contribution in [0.15, 0.2) is 29.6 Å². The molecule has 0 aliphatic heterocycles. The third-order valence-electron chi connectivity index (χ3n) is 2.52. The molecule has 1 heterocycles. The number of benzene rings is 1. The van der Waals surface area contributed by atoms with Crippen LogP contribution in [0.25, 0.3) is 0 Å². The van der Waals surface area contributed by atoms with E-state index < -0.39 is 0 Å². The highest BCUT2D eigenvalue weighted by atomic mass is 32.1. The van der Waals surface area contributed by atoms with Crippen molar-refractivity contribution in [3.63, 3.8) is 0 Å². The molecule has 0 bridgehead atoms. The molecule has 18 heavy (non-hydrogen) atoms. The van der Waals surface area contributed by atoms with Gasteiger partial charge in [0.25, 0.3) is 0 Å². The first-order chi connectivity index (χ1) is 8.63. The number of nitrogens with zero attached hydrogens (tertiary/aromatic N) is 1. The maximum absolute atomic E-state index is 11.7. The van der Waals surface area contributed by atoms with E-state index in [1.807, 2.05) is 36.6 Å². The predicted molar refractivity (Wildman–Crippen MR) is 73.3 cm³/mol. The van der Waals surface area contributed by atoms with Crippen molar-refractivity contribution in [2.24, 2.45) is 0 Å². The molecule has 0 spiro atoms. The van der Waals surface area contributed by atoms with Gasteiger partial charge in [0.15, 0.2) is 5.13 Å². The lowest BCUT2D eigenvalue weighted by molar-refractivity contribution is -0.120. The molecule has 0 aliphatic rings. The topological polar surface area (TPSA) is 68.0 Å². The smallest absolute Gasteiger partial charge is 0.224 e. The molecule has 0 saturated heterocycles. The van der Waals surface area contributed by atoms with E-state index in [2.05, 4.69) is 10.3 Å². The monoisotopic (exact) mass is 261 g/mol. The molecule has 1 amide bonds. The van der Waals surface area contributed by atoms with E-state index in [1.54, 1.807) is 0 Å². The fourth-order valence-electron chi connectivity index (χ4n) is 1.55. The fraction of sp³-hybridized carbons (Fsp3) is 0.231. The Kier molecular flexibility index (Phi) is 3.94. The molecular weight excluding hydrogens is 246 g/mol. The van der Waals surface area contributed by atoms with E-state index in [9.17, 15) is 4.79 Å². The molecule has 4 nitrogen and oxygen atoms in total. The first-order valence-corrected chi connectivity index (χ1v) is 6.53. The number of thiazole rings is 1. The molecule has 0 radical (unpaired) electrons. The van der Waals surface area contributed by atoms with Crippen LogP contribution in [0, 0.1) is 6.92 Å². The molecule has 0 fully saturated rings. The number of amides is 1. The molecule has 0 unspecified atom stereocenters. The summed E-state index contributed by atoms with van der Waals surface area (Å²) in [6.45, 7) is 2.45. The van der Waals surface area contributed by atoms with E-state index >= 15 is 0 Å². The van der Waals surface area contributed by atoms with Gasteiger partial charge in [0, 0.05) is 5.38 Å². The molecule has 94 valence electrons. The molecule has 3 N–H and O–H groups in total. The average Bonchev–Trinajstić information content (AvgIpc) is 2.76. The van der Waals surface area contributed by atoms with Crippen LogP contribution in [0.1, 0.15) is 16.8 Å². The van der Waals surface area contributed by atoms with Gasteiger partial charge in [-0.25, -0.2) is 4.98 Å². The van der Waals surface area contributed by atoms with Crippen molar-refractivity contribution in [3.05, 3.63) is 46.5 Å². The van der Waals surface area contributed by atoms with Crippen molar-refractivity contribution in [2.45, 2.75) is 19.9 Å². The van der Waals surface area contributed by atoms with Crippen LogP contribution < -0.4 is 11.1 Å². The Morgan fingerprint density at radius 3 is 2.72 bits per heavy atom. The summed E-state index contributed by atoms with van der Waals surface area (Å²) in [6, 6.07) is 7.94. The summed E-state index contributed by atoms with van der Waals surface area (Å²) in [4.78, 5) is 15.8. The SMILES string of the molecule is Cc1ccc(CC(=O)NCc2csc(N)n2)cc1. The normalized spacial score (nSPS) is 10.3.